The summed E-state index contributed by atoms with van der Waals surface area (Å²) in [5.41, 5.74) is 3.22. The molecule has 0 aromatic heterocycles. The van der Waals surface area contributed by atoms with Crippen molar-refractivity contribution in [3.05, 3.63) is 83.9 Å². The van der Waals surface area contributed by atoms with Crippen LogP contribution in [0.2, 0.25) is 0 Å². The molecule has 0 unspecified atom stereocenters. The van der Waals surface area contributed by atoms with Gasteiger partial charge in [-0.25, -0.2) is 9.59 Å². The van der Waals surface area contributed by atoms with E-state index in [9.17, 15) is 9.59 Å². The standard InChI is InChI=1S/C44H58O4/c1-29(2)32-20-25-44(28-47-38(45)30-14-10-8-11-15-30)27-26-42(6)33(37(32)44)18-19-35-41(5)23-22-36(48-39(46)31-16-12-9-13-17-31)40(3,4)34(41)21-24-43(35,42)7/h8-17,32-37H,1,18-28H2,2-7H3/t32-,33+,34-,35+,36-,37+,41-,42+,43+,44+/m0/s1. The van der Waals surface area contributed by atoms with Gasteiger partial charge in [0.25, 0.3) is 0 Å². The molecule has 0 spiro atoms. The highest BCUT2D eigenvalue weighted by Crippen LogP contribution is 2.77. The molecule has 0 bridgehead atoms. The molecule has 0 amide bonds. The number of benzene rings is 2. The highest BCUT2D eigenvalue weighted by Gasteiger charge is 2.71. The zero-order chi connectivity index (χ0) is 34.1. The van der Waals surface area contributed by atoms with Crippen LogP contribution in [0.3, 0.4) is 0 Å². The molecule has 2 aromatic carbocycles. The molecule has 4 nitrogen and oxygen atoms in total. The van der Waals surface area contributed by atoms with Crippen LogP contribution in [0.25, 0.3) is 0 Å². The predicted octanol–water partition coefficient (Wildman–Crippen LogP) is 10.7. The third-order valence-corrected chi connectivity index (χ3v) is 15.9. The van der Waals surface area contributed by atoms with Gasteiger partial charge in [-0.3, -0.25) is 0 Å². The van der Waals surface area contributed by atoms with E-state index in [2.05, 4.69) is 48.1 Å². The minimum atomic E-state index is -0.189. The Hall–Kier alpha value is -2.88. The molecule has 2 aromatic rings. The fourth-order valence-corrected chi connectivity index (χ4v) is 13.4. The van der Waals surface area contributed by atoms with E-state index in [0.717, 1.165) is 32.1 Å². The molecule has 7 rings (SSSR count). The van der Waals surface area contributed by atoms with Crippen molar-refractivity contribution in [2.45, 2.75) is 112 Å². The third-order valence-electron chi connectivity index (χ3n) is 15.9. The van der Waals surface area contributed by atoms with Crippen LogP contribution in [0.4, 0.5) is 0 Å². The number of carbonyl (C=O) groups excluding carboxylic acids is 2. The fourth-order valence-electron chi connectivity index (χ4n) is 13.4. The van der Waals surface area contributed by atoms with Crippen molar-refractivity contribution < 1.29 is 19.1 Å². The summed E-state index contributed by atoms with van der Waals surface area (Å²) in [7, 11) is 0. The van der Waals surface area contributed by atoms with Gasteiger partial charge in [0.1, 0.15) is 6.10 Å². The van der Waals surface area contributed by atoms with Gasteiger partial charge in [0.15, 0.2) is 0 Å². The summed E-state index contributed by atoms with van der Waals surface area (Å²) in [6, 6.07) is 19.0. The zero-order valence-electron chi connectivity index (χ0n) is 30.4. The van der Waals surface area contributed by atoms with Crippen LogP contribution < -0.4 is 0 Å². The number of allylic oxidation sites excluding steroid dienone is 1. The number of hydrogen-bond donors (Lipinski definition) is 0. The highest BCUT2D eigenvalue weighted by molar-refractivity contribution is 5.89. The summed E-state index contributed by atoms with van der Waals surface area (Å²) in [5, 5.41) is 0. The van der Waals surface area contributed by atoms with Crippen LogP contribution in [0.1, 0.15) is 126 Å². The lowest BCUT2D eigenvalue weighted by Gasteiger charge is -2.73. The second-order valence-corrected chi connectivity index (χ2v) is 18.1. The maximum Gasteiger partial charge on any atom is 0.338 e. The second kappa shape index (κ2) is 11.9. The van der Waals surface area contributed by atoms with Crippen LogP contribution >= 0.6 is 0 Å². The summed E-state index contributed by atoms with van der Waals surface area (Å²) in [5.74, 6) is 2.38. The first-order valence-electron chi connectivity index (χ1n) is 18.9. The summed E-state index contributed by atoms with van der Waals surface area (Å²) in [4.78, 5) is 26.4. The van der Waals surface area contributed by atoms with Crippen molar-refractivity contribution in [3.63, 3.8) is 0 Å². The summed E-state index contributed by atoms with van der Waals surface area (Å²) in [6.45, 7) is 20.0. The van der Waals surface area contributed by atoms with E-state index >= 15 is 0 Å². The number of ether oxygens (including phenoxy) is 2. The molecule has 5 aliphatic carbocycles. The van der Waals surface area contributed by atoms with E-state index in [-0.39, 0.29) is 45.1 Å². The van der Waals surface area contributed by atoms with Gasteiger partial charge < -0.3 is 9.47 Å². The molecule has 0 radical (unpaired) electrons. The van der Waals surface area contributed by atoms with Crippen molar-refractivity contribution in [2.24, 2.45) is 56.7 Å². The number of hydrogen-bond acceptors (Lipinski definition) is 4. The topological polar surface area (TPSA) is 52.6 Å². The normalized spacial score (nSPS) is 41.1. The average Bonchev–Trinajstić information content (AvgIpc) is 3.46. The quantitative estimate of drug-likeness (QED) is 0.231. The molecule has 0 N–H and O–H groups in total. The summed E-state index contributed by atoms with van der Waals surface area (Å²) >= 11 is 0. The molecule has 10 atom stereocenters. The van der Waals surface area contributed by atoms with Crippen molar-refractivity contribution >= 4 is 11.9 Å². The maximum atomic E-state index is 13.2. The Morgan fingerprint density at radius 3 is 2.00 bits per heavy atom. The van der Waals surface area contributed by atoms with E-state index in [4.69, 9.17) is 9.47 Å². The smallest absolute Gasteiger partial charge is 0.338 e. The lowest BCUT2D eigenvalue weighted by molar-refractivity contribution is -0.249. The maximum absolute atomic E-state index is 13.2. The Morgan fingerprint density at radius 2 is 1.35 bits per heavy atom. The first-order valence-corrected chi connectivity index (χ1v) is 18.9. The zero-order valence-corrected chi connectivity index (χ0v) is 30.4. The van der Waals surface area contributed by atoms with E-state index in [1.807, 2.05) is 60.7 Å². The van der Waals surface area contributed by atoms with Crippen molar-refractivity contribution in [2.75, 3.05) is 6.61 Å². The SMILES string of the molecule is C=C(C)[C@@H]1CC[C@]2(COC(=O)c3ccccc3)CC[C@]3(C)[C@H](CC[C@@H]4[C@@]5(C)CC[C@H](OC(=O)c6ccccc6)C(C)(C)[C@@H]5CC[C@]43C)[C@@H]12. The van der Waals surface area contributed by atoms with Gasteiger partial charge in [-0.2, -0.15) is 0 Å². The molecule has 0 saturated heterocycles. The fraction of sp³-hybridized carbons (Fsp3) is 0.636. The molecular weight excluding hydrogens is 592 g/mol. The predicted molar refractivity (Wildman–Crippen MR) is 191 cm³/mol. The van der Waals surface area contributed by atoms with E-state index in [0.29, 0.717) is 47.3 Å². The van der Waals surface area contributed by atoms with Crippen LogP contribution in [-0.2, 0) is 9.47 Å². The van der Waals surface area contributed by atoms with E-state index in [1.165, 1.54) is 37.7 Å². The molecule has 5 fully saturated rings. The highest BCUT2D eigenvalue weighted by atomic mass is 16.5. The second-order valence-electron chi connectivity index (χ2n) is 18.1. The van der Waals surface area contributed by atoms with Gasteiger partial charge in [0.2, 0.25) is 0 Å². The molecular formula is C44H58O4. The van der Waals surface area contributed by atoms with Crippen molar-refractivity contribution in [1.29, 1.82) is 0 Å². The third kappa shape index (κ3) is 4.97. The molecule has 0 heterocycles. The van der Waals surface area contributed by atoms with Crippen LogP contribution in [-0.4, -0.2) is 24.6 Å². The minimum absolute atomic E-state index is 0.0330. The average molecular weight is 651 g/mol. The van der Waals surface area contributed by atoms with Gasteiger partial charge in [-0.05, 0) is 141 Å². The van der Waals surface area contributed by atoms with Crippen LogP contribution in [0.15, 0.2) is 72.8 Å². The number of esters is 2. The number of fused-ring (bicyclic) bond motifs is 7. The van der Waals surface area contributed by atoms with Crippen molar-refractivity contribution in [3.8, 4) is 0 Å². The Labute approximate surface area is 289 Å². The summed E-state index contributed by atoms with van der Waals surface area (Å²) < 4.78 is 12.5. The Balaban J connectivity index is 1.14. The lowest BCUT2D eigenvalue weighted by Crippen LogP contribution is -2.67. The first kappa shape index (κ1) is 33.6. The Kier molecular flexibility index (Phi) is 8.31. The Bertz CT molecular complexity index is 1550. The van der Waals surface area contributed by atoms with Gasteiger partial charge >= 0.3 is 11.9 Å². The molecule has 258 valence electrons. The molecule has 4 heteroatoms. The van der Waals surface area contributed by atoms with E-state index in [1.54, 1.807) is 0 Å². The van der Waals surface area contributed by atoms with Gasteiger partial charge in [0.05, 0.1) is 17.7 Å². The minimum Gasteiger partial charge on any atom is -0.461 e. The van der Waals surface area contributed by atoms with Crippen LogP contribution in [0.5, 0.6) is 0 Å². The van der Waals surface area contributed by atoms with Gasteiger partial charge in [-0.1, -0.05) is 83.2 Å². The lowest BCUT2D eigenvalue weighted by atomic mass is 9.32. The molecule has 5 saturated carbocycles. The Morgan fingerprint density at radius 1 is 0.708 bits per heavy atom. The molecule has 48 heavy (non-hydrogen) atoms. The first-order chi connectivity index (χ1) is 22.8. The van der Waals surface area contributed by atoms with Crippen molar-refractivity contribution in [1.82, 2.24) is 0 Å². The molecule has 5 aliphatic rings. The number of carbonyl (C=O) groups is 2. The van der Waals surface area contributed by atoms with Gasteiger partial charge in [0, 0.05) is 10.8 Å². The monoisotopic (exact) mass is 650 g/mol. The van der Waals surface area contributed by atoms with Crippen LogP contribution in [0, 0.1) is 56.7 Å². The van der Waals surface area contributed by atoms with E-state index < -0.39 is 0 Å². The largest absolute Gasteiger partial charge is 0.461 e. The van der Waals surface area contributed by atoms with Gasteiger partial charge in [-0.15, -0.1) is 0 Å². The number of rotatable bonds is 6. The summed E-state index contributed by atoms with van der Waals surface area (Å²) in [6.07, 6.45) is 11.5. The molecule has 0 aliphatic heterocycles.